The number of phenols is 1. The topological polar surface area (TPSA) is 149 Å². The summed E-state index contributed by atoms with van der Waals surface area (Å²) in [5, 5.41) is 29.7. The van der Waals surface area contributed by atoms with E-state index in [0.29, 0.717) is 13.0 Å². The number of nitro groups is 1. The lowest BCUT2D eigenvalue weighted by Crippen LogP contribution is -2.50. The average Bonchev–Trinajstić information content (AvgIpc) is 2.35. The van der Waals surface area contributed by atoms with Crippen LogP contribution in [0.1, 0.15) is 17.8 Å². The van der Waals surface area contributed by atoms with Gasteiger partial charge in [0.15, 0.2) is 11.6 Å². The Balaban J connectivity index is 3.06. The Hall–Kier alpha value is -1.47. The fourth-order valence-corrected chi connectivity index (χ4v) is 3.09. The van der Waals surface area contributed by atoms with Crippen molar-refractivity contribution in [1.82, 2.24) is 0 Å². The highest BCUT2D eigenvalue weighted by atomic mass is 31.2. The Labute approximate surface area is 109 Å². The molecule has 0 radical (unpaired) electrons. The van der Waals surface area contributed by atoms with E-state index in [4.69, 9.17) is 0 Å². The molecule has 106 valence electrons. The highest BCUT2D eigenvalue weighted by Gasteiger charge is 2.31. The molecular formula is C10H16N2O6P+. The van der Waals surface area contributed by atoms with Gasteiger partial charge in [-0.15, -0.1) is 0 Å². The fraction of sp³-hybridized carbons (Fsp3) is 0.400. The summed E-state index contributed by atoms with van der Waals surface area (Å²) in [6.07, 6.45) is 0.247. The van der Waals surface area contributed by atoms with Gasteiger partial charge in [-0.1, -0.05) is 6.07 Å². The van der Waals surface area contributed by atoms with Crippen LogP contribution < -0.4 is 5.73 Å². The summed E-state index contributed by atoms with van der Waals surface area (Å²) >= 11 is 0. The van der Waals surface area contributed by atoms with Crippen molar-refractivity contribution in [2.45, 2.75) is 12.3 Å². The predicted molar refractivity (Wildman–Crippen MR) is 66.8 cm³/mol. The molecule has 1 aromatic rings. The van der Waals surface area contributed by atoms with E-state index in [9.17, 15) is 29.8 Å². The second-order valence-corrected chi connectivity index (χ2v) is 6.51. The van der Waals surface area contributed by atoms with E-state index < -0.39 is 29.6 Å². The standard InChI is InChI=1S/C10H15N2O6P/c11-4-1-5-19(17,18)10(14)7-2-3-9(13)8(6-7)12(15)16/h2-3,6,10,13-14H,1,4-5,11H2,(H,17,18)/p+1. The first-order valence-corrected chi connectivity index (χ1v) is 7.47. The Bertz CT molecular complexity index is 521. The molecule has 9 heteroatoms. The van der Waals surface area contributed by atoms with Gasteiger partial charge < -0.3 is 20.8 Å². The summed E-state index contributed by atoms with van der Waals surface area (Å²) in [5.74, 6) is -2.27. The van der Waals surface area contributed by atoms with Crippen molar-refractivity contribution in [3.8, 4) is 5.75 Å². The lowest BCUT2D eigenvalue weighted by molar-refractivity contribution is -0.386. The number of benzene rings is 1. The number of rotatable bonds is 6. The Morgan fingerprint density at radius 1 is 1.47 bits per heavy atom. The minimum atomic E-state index is -3.88. The second kappa shape index (κ2) is 6.12. The molecule has 0 aliphatic carbocycles. The lowest BCUT2D eigenvalue weighted by Gasteiger charge is -2.18. The predicted octanol–water partition coefficient (Wildman–Crippen LogP) is 0.194. The van der Waals surface area contributed by atoms with Gasteiger partial charge in [-0.25, -0.2) is 0 Å². The zero-order valence-corrected chi connectivity index (χ0v) is 11.0. The molecule has 0 aliphatic rings. The van der Waals surface area contributed by atoms with Gasteiger partial charge in [0.1, 0.15) is 0 Å². The SMILES string of the molecule is [NH3+]CCCP(=O)(O)C(O)c1ccc(O)c([N+](=O)[O-])c1. The van der Waals surface area contributed by atoms with Gasteiger partial charge in [0, 0.05) is 18.6 Å². The number of hydrogen-bond donors (Lipinski definition) is 4. The van der Waals surface area contributed by atoms with Crippen LogP contribution in [0, 0.1) is 10.1 Å². The molecule has 2 atom stereocenters. The maximum absolute atomic E-state index is 11.9. The van der Waals surface area contributed by atoms with Crippen molar-refractivity contribution in [2.24, 2.45) is 0 Å². The normalized spacial score (nSPS) is 15.7. The smallest absolute Gasteiger partial charge is 0.311 e. The monoisotopic (exact) mass is 291 g/mol. The summed E-state index contributed by atoms with van der Waals surface area (Å²) in [4.78, 5) is 19.5. The maximum atomic E-state index is 11.9. The highest BCUT2D eigenvalue weighted by molar-refractivity contribution is 7.58. The maximum Gasteiger partial charge on any atom is 0.311 e. The summed E-state index contributed by atoms with van der Waals surface area (Å²) in [6, 6.07) is 3.09. The van der Waals surface area contributed by atoms with Gasteiger partial charge in [-0.2, -0.15) is 0 Å². The first kappa shape index (κ1) is 15.6. The molecule has 1 aromatic carbocycles. The number of aliphatic hydroxyl groups excluding tert-OH is 1. The van der Waals surface area contributed by atoms with Crippen LogP contribution in [0.25, 0.3) is 0 Å². The lowest BCUT2D eigenvalue weighted by atomic mass is 10.2. The quantitative estimate of drug-likeness (QED) is 0.334. The first-order chi connectivity index (χ1) is 8.79. The van der Waals surface area contributed by atoms with E-state index in [2.05, 4.69) is 5.73 Å². The van der Waals surface area contributed by atoms with Crippen molar-refractivity contribution in [3.05, 3.63) is 33.9 Å². The van der Waals surface area contributed by atoms with Gasteiger partial charge in [-0.3, -0.25) is 14.7 Å². The molecule has 0 aliphatic heterocycles. The number of aliphatic hydroxyl groups is 1. The molecule has 6 N–H and O–H groups in total. The Kier molecular flexibility index (Phi) is 5.02. The summed E-state index contributed by atoms with van der Waals surface area (Å²) < 4.78 is 11.9. The number of aromatic hydroxyl groups is 1. The molecule has 1 rings (SSSR count). The molecule has 19 heavy (non-hydrogen) atoms. The van der Waals surface area contributed by atoms with Crippen LogP contribution in [0.15, 0.2) is 18.2 Å². The average molecular weight is 291 g/mol. The van der Waals surface area contributed by atoms with E-state index in [0.717, 1.165) is 12.1 Å². The number of quaternary nitrogens is 1. The molecule has 0 heterocycles. The number of phenolic OH excluding ortho intramolecular Hbond substituents is 1. The summed E-state index contributed by atoms with van der Waals surface area (Å²) in [7, 11) is -3.88. The minimum absolute atomic E-state index is 0.0700. The third-order valence-corrected chi connectivity index (χ3v) is 4.62. The van der Waals surface area contributed by atoms with E-state index in [1.54, 1.807) is 0 Å². The van der Waals surface area contributed by atoms with Gasteiger partial charge in [0.05, 0.1) is 11.5 Å². The number of nitrogens with zero attached hydrogens (tertiary/aromatic N) is 1. The Morgan fingerprint density at radius 3 is 2.63 bits per heavy atom. The van der Waals surface area contributed by atoms with E-state index >= 15 is 0 Å². The van der Waals surface area contributed by atoms with Crippen LogP contribution in [-0.2, 0) is 4.57 Å². The third-order valence-electron chi connectivity index (χ3n) is 2.60. The van der Waals surface area contributed by atoms with E-state index in [1.807, 2.05) is 0 Å². The third kappa shape index (κ3) is 3.74. The summed E-state index contributed by atoms with van der Waals surface area (Å²) in [5.41, 5.74) is 2.85. The van der Waals surface area contributed by atoms with Crippen LogP contribution in [0.5, 0.6) is 5.75 Å². The van der Waals surface area contributed by atoms with Crippen LogP contribution in [-0.4, -0.2) is 32.7 Å². The van der Waals surface area contributed by atoms with Crippen LogP contribution in [0.2, 0.25) is 0 Å². The molecule has 2 unspecified atom stereocenters. The second-order valence-electron chi connectivity index (χ2n) is 4.07. The van der Waals surface area contributed by atoms with Gasteiger partial charge in [-0.05, 0) is 11.6 Å². The molecule has 0 aromatic heterocycles. The van der Waals surface area contributed by atoms with Gasteiger partial charge >= 0.3 is 5.69 Å². The van der Waals surface area contributed by atoms with Crippen LogP contribution >= 0.6 is 7.37 Å². The molecular weight excluding hydrogens is 275 g/mol. The molecule has 0 saturated carbocycles. The van der Waals surface area contributed by atoms with Crippen molar-refractivity contribution in [2.75, 3.05) is 12.7 Å². The van der Waals surface area contributed by atoms with Crippen molar-refractivity contribution in [3.63, 3.8) is 0 Å². The zero-order valence-electron chi connectivity index (χ0n) is 10.1. The first-order valence-electron chi connectivity index (χ1n) is 5.55. The Morgan fingerprint density at radius 2 is 2.11 bits per heavy atom. The number of nitro benzene ring substituents is 1. The molecule has 0 saturated heterocycles. The van der Waals surface area contributed by atoms with Crippen molar-refractivity contribution >= 4 is 13.1 Å². The molecule has 0 spiro atoms. The van der Waals surface area contributed by atoms with Gasteiger partial charge in [0.2, 0.25) is 7.37 Å². The summed E-state index contributed by atoms with van der Waals surface area (Å²) in [6.45, 7) is 0.451. The number of hydrogen-bond acceptors (Lipinski definition) is 5. The van der Waals surface area contributed by atoms with E-state index in [1.165, 1.54) is 6.07 Å². The van der Waals surface area contributed by atoms with E-state index in [-0.39, 0.29) is 11.7 Å². The minimum Gasteiger partial charge on any atom is -0.502 e. The zero-order chi connectivity index (χ0) is 14.6. The van der Waals surface area contributed by atoms with Crippen molar-refractivity contribution < 1.29 is 30.3 Å². The van der Waals surface area contributed by atoms with Crippen LogP contribution in [0.4, 0.5) is 5.69 Å². The largest absolute Gasteiger partial charge is 0.502 e. The van der Waals surface area contributed by atoms with Crippen LogP contribution in [0.3, 0.4) is 0 Å². The molecule has 0 bridgehead atoms. The van der Waals surface area contributed by atoms with Crippen molar-refractivity contribution in [1.29, 1.82) is 0 Å². The fourth-order valence-electron chi connectivity index (χ4n) is 1.54. The molecule has 8 nitrogen and oxygen atoms in total. The van der Waals surface area contributed by atoms with Gasteiger partial charge in [0.25, 0.3) is 0 Å². The highest BCUT2D eigenvalue weighted by Crippen LogP contribution is 2.54. The molecule has 0 fully saturated rings. The molecule has 0 amide bonds.